The van der Waals surface area contributed by atoms with Crippen molar-refractivity contribution in [2.24, 2.45) is 0 Å². The number of carbonyl (C=O) groups excluding carboxylic acids is 1. The van der Waals surface area contributed by atoms with Gasteiger partial charge in [-0.3, -0.25) is 4.79 Å². The summed E-state index contributed by atoms with van der Waals surface area (Å²) in [6.45, 7) is 3.29. The third-order valence-corrected chi connectivity index (χ3v) is 4.83. The van der Waals surface area contributed by atoms with Gasteiger partial charge in [-0.1, -0.05) is 42.5 Å². The highest BCUT2D eigenvalue weighted by Gasteiger charge is 2.14. The lowest BCUT2D eigenvalue weighted by Crippen LogP contribution is -2.31. The molecule has 3 aromatic carbocycles. The van der Waals surface area contributed by atoms with Crippen LogP contribution in [-0.2, 0) is 17.9 Å². The fourth-order valence-corrected chi connectivity index (χ4v) is 3.34. The molecule has 6 nitrogen and oxygen atoms in total. The Morgan fingerprint density at radius 2 is 1.71 bits per heavy atom. The summed E-state index contributed by atoms with van der Waals surface area (Å²) in [6, 6.07) is 25.2. The zero-order valence-electron chi connectivity index (χ0n) is 17.5. The van der Waals surface area contributed by atoms with E-state index in [2.05, 4.69) is 10.3 Å². The average Bonchev–Trinajstić information content (AvgIpc) is 3.13. The van der Waals surface area contributed by atoms with Crippen LogP contribution >= 0.6 is 0 Å². The van der Waals surface area contributed by atoms with Gasteiger partial charge in [0, 0.05) is 0 Å². The van der Waals surface area contributed by atoms with Crippen LogP contribution in [0.3, 0.4) is 0 Å². The molecule has 4 rings (SSSR count). The van der Waals surface area contributed by atoms with Gasteiger partial charge in [0.05, 0.1) is 17.6 Å². The highest BCUT2D eigenvalue weighted by atomic mass is 16.5. The number of rotatable bonds is 9. The molecule has 0 saturated carbocycles. The van der Waals surface area contributed by atoms with Crippen LogP contribution in [0.5, 0.6) is 11.5 Å². The van der Waals surface area contributed by atoms with Crippen LogP contribution in [0.1, 0.15) is 11.4 Å². The molecular weight excluding hydrogens is 390 g/mol. The summed E-state index contributed by atoms with van der Waals surface area (Å²) < 4.78 is 13.5. The van der Waals surface area contributed by atoms with E-state index in [0.29, 0.717) is 19.0 Å². The van der Waals surface area contributed by atoms with Gasteiger partial charge in [0.15, 0.2) is 0 Å². The number of imidazole rings is 1. The summed E-state index contributed by atoms with van der Waals surface area (Å²) in [4.78, 5) is 17.2. The van der Waals surface area contributed by atoms with Gasteiger partial charge in [-0.25, -0.2) is 4.98 Å². The summed E-state index contributed by atoms with van der Waals surface area (Å²) in [7, 11) is 0. The molecule has 0 aliphatic rings. The number of para-hydroxylation sites is 3. The number of hydrogen-bond donors (Lipinski definition) is 1. The van der Waals surface area contributed by atoms with Crippen molar-refractivity contribution >= 4 is 16.9 Å². The topological polar surface area (TPSA) is 65.4 Å². The van der Waals surface area contributed by atoms with Gasteiger partial charge < -0.3 is 19.4 Å². The Kier molecular flexibility index (Phi) is 6.47. The van der Waals surface area contributed by atoms with Crippen molar-refractivity contribution in [2.45, 2.75) is 20.1 Å². The van der Waals surface area contributed by atoms with Crippen molar-refractivity contribution in [3.8, 4) is 11.5 Å². The average molecular weight is 415 g/mol. The minimum absolute atomic E-state index is 0.100. The molecular formula is C25H25N3O3. The maximum Gasteiger partial charge on any atom is 0.240 e. The zero-order valence-corrected chi connectivity index (χ0v) is 17.5. The van der Waals surface area contributed by atoms with E-state index in [1.54, 1.807) is 0 Å². The van der Waals surface area contributed by atoms with E-state index in [0.717, 1.165) is 28.1 Å². The molecule has 0 spiro atoms. The second kappa shape index (κ2) is 9.80. The number of nitrogens with zero attached hydrogens (tertiary/aromatic N) is 2. The molecule has 1 N–H and O–H groups in total. The van der Waals surface area contributed by atoms with Crippen LogP contribution in [0.25, 0.3) is 11.0 Å². The smallest absolute Gasteiger partial charge is 0.240 e. The first-order valence-electron chi connectivity index (χ1n) is 10.3. The highest BCUT2D eigenvalue weighted by Crippen LogP contribution is 2.18. The zero-order chi connectivity index (χ0) is 21.5. The third-order valence-electron chi connectivity index (χ3n) is 4.83. The van der Waals surface area contributed by atoms with Crippen molar-refractivity contribution in [1.29, 1.82) is 0 Å². The third kappa shape index (κ3) is 5.42. The van der Waals surface area contributed by atoms with Crippen LogP contribution in [0.15, 0.2) is 78.9 Å². The standard InChI is InChI=1S/C25H25N3O3/c1-19-8-7-11-21(16-19)30-15-14-26-25(29)17-28-23-13-6-5-12-22(23)27-24(28)18-31-20-9-3-2-4-10-20/h2-13,16H,14-15,17-18H2,1H3,(H,26,29). The molecule has 0 bridgehead atoms. The molecule has 6 heteroatoms. The van der Waals surface area contributed by atoms with Crippen molar-refractivity contribution < 1.29 is 14.3 Å². The number of carbonyl (C=O) groups is 1. The van der Waals surface area contributed by atoms with Crippen molar-refractivity contribution in [1.82, 2.24) is 14.9 Å². The van der Waals surface area contributed by atoms with Gasteiger partial charge in [-0.2, -0.15) is 0 Å². The van der Waals surface area contributed by atoms with Crippen molar-refractivity contribution in [3.05, 3.63) is 90.3 Å². The second-order valence-corrected chi connectivity index (χ2v) is 7.22. The molecule has 31 heavy (non-hydrogen) atoms. The van der Waals surface area contributed by atoms with Crippen LogP contribution in [0.4, 0.5) is 0 Å². The summed E-state index contributed by atoms with van der Waals surface area (Å²) in [5.74, 6) is 2.17. The predicted octanol–water partition coefficient (Wildman–Crippen LogP) is 4.12. The SMILES string of the molecule is Cc1cccc(OCCNC(=O)Cn2c(COc3ccccc3)nc3ccccc32)c1. The maximum atomic E-state index is 12.6. The summed E-state index contributed by atoms with van der Waals surface area (Å²) >= 11 is 0. The number of hydrogen-bond acceptors (Lipinski definition) is 4. The highest BCUT2D eigenvalue weighted by molar-refractivity contribution is 5.81. The molecule has 0 unspecified atom stereocenters. The van der Waals surface area contributed by atoms with Crippen molar-refractivity contribution in [3.63, 3.8) is 0 Å². The lowest BCUT2D eigenvalue weighted by Gasteiger charge is -2.12. The molecule has 1 amide bonds. The molecule has 158 valence electrons. The fourth-order valence-electron chi connectivity index (χ4n) is 3.34. The number of amides is 1. The molecule has 4 aromatic rings. The Bertz CT molecular complexity index is 1160. The van der Waals surface area contributed by atoms with E-state index in [1.807, 2.05) is 90.4 Å². The van der Waals surface area contributed by atoms with E-state index in [4.69, 9.17) is 9.47 Å². The normalized spacial score (nSPS) is 10.7. The Balaban J connectivity index is 1.37. The van der Waals surface area contributed by atoms with Gasteiger partial charge in [0.2, 0.25) is 5.91 Å². The van der Waals surface area contributed by atoms with Gasteiger partial charge in [-0.05, 0) is 48.9 Å². The Hall–Kier alpha value is -3.80. The largest absolute Gasteiger partial charge is 0.492 e. The summed E-state index contributed by atoms with van der Waals surface area (Å²) in [6.07, 6.45) is 0. The van der Waals surface area contributed by atoms with Gasteiger partial charge in [0.1, 0.15) is 37.1 Å². The van der Waals surface area contributed by atoms with Gasteiger partial charge >= 0.3 is 0 Å². The van der Waals surface area contributed by atoms with E-state index in [-0.39, 0.29) is 19.1 Å². The Labute approximate surface area is 181 Å². The number of fused-ring (bicyclic) bond motifs is 1. The van der Waals surface area contributed by atoms with E-state index in [1.165, 1.54) is 0 Å². The number of aromatic nitrogens is 2. The molecule has 0 saturated heterocycles. The lowest BCUT2D eigenvalue weighted by atomic mass is 10.2. The molecule has 0 radical (unpaired) electrons. The van der Waals surface area contributed by atoms with Crippen LogP contribution < -0.4 is 14.8 Å². The first-order valence-corrected chi connectivity index (χ1v) is 10.3. The maximum absolute atomic E-state index is 12.6. The summed E-state index contributed by atoms with van der Waals surface area (Å²) in [5, 5.41) is 2.92. The number of nitrogens with one attached hydrogen (secondary N) is 1. The molecule has 1 aromatic heterocycles. The number of aryl methyl sites for hydroxylation is 1. The molecule has 0 atom stereocenters. The lowest BCUT2D eigenvalue weighted by molar-refractivity contribution is -0.121. The Morgan fingerprint density at radius 1 is 0.935 bits per heavy atom. The monoisotopic (exact) mass is 415 g/mol. The Morgan fingerprint density at radius 3 is 2.55 bits per heavy atom. The first kappa shape index (κ1) is 20.5. The number of ether oxygens (including phenoxy) is 2. The van der Waals surface area contributed by atoms with E-state index >= 15 is 0 Å². The molecule has 1 heterocycles. The van der Waals surface area contributed by atoms with Crippen molar-refractivity contribution in [2.75, 3.05) is 13.2 Å². The van der Waals surface area contributed by atoms with Crippen LogP contribution in [-0.4, -0.2) is 28.6 Å². The van der Waals surface area contributed by atoms with E-state index in [9.17, 15) is 4.79 Å². The molecule has 0 aliphatic carbocycles. The predicted molar refractivity (Wildman–Crippen MR) is 120 cm³/mol. The molecule has 0 aliphatic heterocycles. The van der Waals surface area contributed by atoms with Crippen LogP contribution in [0.2, 0.25) is 0 Å². The fraction of sp³-hybridized carbons (Fsp3) is 0.200. The minimum atomic E-state index is -0.100. The van der Waals surface area contributed by atoms with Gasteiger partial charge in [0.25, 0.3) is 0 Å². The first-order chi connectivity index (χ1) is 15.2. The number of benzene rings is 3. The quantitative estimate of drug-likeness (QED) is 0.418. The molecule has 0 fully saturated rings. The van der Waals surface area contributed by atoms with Crippen LogP contribution in [0, 0.1) is 6.92 Å². The van der Waals surface area contributed by atoms with E-state index < -0.39 is 0 Å². The summed E-state index contributed by atoms with van der Waals surface area (Å²) in [5.41, 5.74) is 2.88. The van der Waals surface area contributed by atoms with Gasteiger partial charge in [-0.15, -0.1) is 0 Å². The second-order valence-electron chi connectivity index (χ2n) is 7.22. The minimum Gasteiger partial charge on any atom is -0.492 e.